The molecule has 0 radical (unpaired) electrons. The zero-order valence-corrected chi connectivity index (χ0v) is 11.7. The maximum Gasteiger partial charge on any atom is 0.208 e. The summed E-state index contributed by atoms with van der Waals surface area (Å²) in [7, 11) is 0. The summed E-state index contributed by atoms with van der Waals surface area (Å²) in [6, 6.07) is 0. The summed E-state index contributed by atoms with van der Waals surface area (Å²) in [4.78, 5) is 6.63. The Morgan fingerprint density at radius 1 is 1.29 bits per heavy atom. The number of nitrogens with two attached hydrogens (primary N) is 1. The molecule has 100 valence electrons. The van der Waals surface area contributed by atoms with Gasteiger partial charge in [0.15, 0.2) is 0 Å². The zero-order chi connectivity index (χ0) is 13.1. The number of nitrogens with zero attached hydrogens (tertiary/aromatic N) is 2. The van der Waals surface area contributed by atoms with Gasteiger partial charge < -0.3 is 9.64 Å². The average Bonchev–Trinajstić information content (AvgIpc) is 2.14. The molecule has 1 aliphatic heterocycles. The summed E-state index contributed by atoms with van der Waals surface area (Å²) in [5.74, 6) is 6.32. The summed E-state index contributed by atoms with van der Waals surface area (Å²) in [6.07, 6.45) is 1.02. The number of ether oxygens (including phenoxy) is 1. The standard InChI is InChI=1S/C12H26N4O/c1-6-7-14-10(15-13)16-8-11(2,3)17-12(4,5)9-16/h6-9,13H2,1-5H3,(H,14,15). The molecule has 5 heteroatoms. The second-order valence-electron chi connectivity index (χ2n) is 5.83. The highest BCUT2D eigenvalue weighted by atomic mass is 16.5. The molecule has 0 atom stereocenters. The van der Waals surface area contributed by atoms with Crippen LogP contribution < -0.4 is 11.3 Å². The van der Waals surface area contributed by atoms with Crippen molar-refractivity contribution in [3.8, 4) is 0 Å². The number of hydrogen-bond acceptors (Lipinski definition) is 3. The van der Waals surface area contributed by atoms with Crippen molar-refractivity contribution in [2.24, 2.45) is 10.8 Å². The second kappa shape index (κ2) is 5.23. The van der Waals surface area contributed by atoms with E-state index in [4.69, 9.17) is 10.6 Å². The van der Waals surface area contributed by atoms with Crippen LogP contribution in [0.25, 0.3) is 0 Å². The van der Waals surface area contributed by atoms with Crippen molar-refractivity contribution in [1.82, 2.24) is 10.3 Å². The molecular formula is C12H26N4O. The first kappa shape index (κ1) is 14.3. The number of hydrogen-bond donors (Lipinski definition) is 2. The van der Waals surface area contributed by atoms with Gasteiger partial charge in [0, 0.05) is 19.6 Å². The fourth-order valence-electron chi connectivity index (χ4n) is 2.39. The van der Waals surface area contributed by atoms with Crippen molar-refractivity contribution in [3.05, 3.63) is 0 Å². The number of aliphatic imine (C=N–C) groups is 1. The highest BCUT2D eigenvalue weighted by Gasteiger charge is 2.39. The lowest BCUT2D eigenvalue weighted by molar-refractivity contribution is -0.167. The molecule has 0 bridgehead atoms. The van der Waals surface area contributed by atoms with E-state index in [9.17, 15) is 0 Å². The van der Waals surface area contributed by atoms with E-state index in [0.29, 0.717) is 0 Å². The van der Waals surface area contributed by atoms with E-state index in [-0.39, 0.29) is 11.2 Å². The van der Waals surface area contributed by atoms with Crippen LogP contribution in [0.15, 0.2) is 4.99 Å². The van der Waals surface area contributed by atoms with Gasteiger partial charge in [-0.2, -0.15) is 0 Å². The first-order chi connectivity index (χ1) is 7.79. The van der Waals surface area contributed by atoms with Crippen LogP contribution in [0.5, 0.6) is 0 Å². The molecule has 0 aromatic carbocycles. The number of nitrogens with one attached hydrogen (secondary N) is 1. The largest absolute Gasteiger partial charge is 0.366 e. The number of morpholine rings is 1. The maximum atomic E-state index is 6.03. The lowest BCUT2D eigenvalue weighted by Crippen LogP contribution is -2.61. The quantitative estimate of drug-likeness (QED) is 0.329. The fraction of sp³-hybridized carbons (Fsp3) is 0.917. The van der Waals surface area contributed by atoms with Gasteiger partial charge in [0.25, 0.3) is 0 Å². The lowest BCUT2D eigenvalue weighted by atomic mass is 9.99. The van der Waals surface area contributed by atoms with E-state index >= 15 is 0 Å². The third kappa shape index (κ3) is 4.16. The van der Waals surface area contributed by atoms with Crippen molar-refractivity contribution >= 4 is 5.96 Å². The Balaban J connectivity index is 2.81. The van der Waals surface area contributed by atoms with Crippen LogP contribution in [0.4, 0.5) is 0 Å². The van der Waals surface area contributed by atoms with Crippen molar-refractivity contribution in [1.29, 1.82) is 0 Å². The Morgan fingerprint density at radius 2 is 1.82 bits per heavy atom. The van der Waals surface area contributed by atoms with E-state index in [0.717, 1.165) is 32.0 Å². The highest BCUT2D eigenvalue weighted by molar-refractivity contribution is 5.79. The predicted molar refractivity (Wildman–Crippen MR) is 70.7 cm³/mol. The first-order valence-electron chi connectivity index (χ1n) is 6.26. The molecule has 0 aliphatic carbocycles. The minimum absolute atomic E-state index is 0.189. The smallest absolute Gasteiger partial charge is 0.208 e. The van der Waals surface area contributed by atoms with Gasteiger partial charge in [0.05, 0.1) is 11.2 Å². The molecule has 0 aromatic rings. The lowest BCUT2D eigenvalue weighted by Gasteiger charge is -2.47. The topological polar surface area (TPSA) is 62.9 Å². The Hall–Kier alpha value is -0.810. The van der Waals surface area contributed by atoms with Gasteiger partial charge >= 0.3 is 0 Å². The molecule has 0 aromatic heterocycles. The molecule has 0 unspecified atom stereocenters. The monoisotopic (exact) mass is 242 g/mol. The minimum Gasteiger partial charge on any atom is -0.366 e. The van der Waals surface area contributed by atoms with Crippen LogP contribution >= 0.6 is 0 Å². The second-order valence-corrected chi connectivity index (χ2v) is 5.83. The van der Waals surface area contributed by atoms with E-state index < -0.39 is 0 Å². The Kier molecular flexibility index (Phi) is 4.38. The average molecular weight is 242 g/mol. The van der Waals surface area contributed by atoms with Gasteiger partial charge in [-0.05, 0) is 34.1 Å². The summed E-state index contributed by atoms with van der Waals surface area (Å²) < 4.78 is 6.03. The first-order valence-corrected chi connectivity index (χ1v) is 6.26. The molecule has 0 amide bonds. The number of guanidine groups is 1. The number of hydrazine groups is 1. The predicted octanol–water partition coefficient (Wildman–Crippen LogP) is 1.11. The maximum absolute atomic E-state index is 6.03. The van der Waals surface area contributed by atoms with Crippen molar-refractivity contribution in [3.63, 3.8) is 0 Å². The Labute approximate surface area is 104 Å². The van der Waals surface area contributed by atoms with Crippen LogP contribution in [0.1, 0.15) is 41.0 Å². The number of rotatable bonds is 2. The Bertz CT molecular complexity index is 270. The zero-order valence-electron chi connectivity index (χ0n) is 11.7. The van der Waals surface area contributed by atoms with Crippen molar-refractivity contribution in [2.45, 2.75) is 52.2 Å². The molecular weight excluding hydrogens is 216 g/mol. The summed E-state index contributed by atoms with van der Waals surface area (Å²) in [6.45, 7) is 12.8. The molecule has 17 heavy (non-hydrogen) atoms. The molecule has 1 fully saturated rings. The van der Waals surface area contributed by atoms with Gasteiger partial charge in [0.1, 0.15) is 0 Å². The van der Waals surface area contributed by atoms with Crippen LogP contribution in [0, 0.1) is 0 Å². The van der Waals surface area contributed by atoms with Gasteiger partial charge in [-0.15, -0.1) is 0 Å². The summed E-state index contributed by atoms with van der Waals surface area (Å²) in [5, 5.41) is 0. The van der Waals surface area contributed by atoms with Crippen LogP contribution in [-0.2, 0) is 4.74 Å². The molecule has 0 spiro atoms. The summed E-state index contributed by atoms with van der Waals surface area (Å²) in [5.41, 5.74) is 2.32. The van der Waals surface area contributed by atoms with Crippen molar-refractivity contribution < 1.29 is 4.74 Å². The van der Waals surface area contributed by atoms with Crippen LogP contribution in [0.2, 0.25) is 0 Å². The summed E-state index contributed by atoms with van der Waals surface area (Å²) >= 11 is 0. The molecule has 0 saturated carbocycles. The van der Waals surface area contributed by atoms with E-state index in [1.165, 1.54) is 0 Å². The van der Waals surface area contributed by atoms with Gasteiger partial charge in [-0.3, -0.25) is 10.4 Å². The molecule has 1 saturated heterocycles. The van der Waals surface area contributed by atoms with Crippen LogP contribution in [0.3, 0.4) is 0 Å². The van der Waals surface area contributed by atoms with Gasteiger partial charge in [-0.1, -0.05) is 6.92 Å². The third-order valence-corrected chi connectivity index (χ3v) is 2.61. The minimum atomic E-state index is -0.189. The Morgan fingerprint density at radius 3 is 2.24 bits per heavy atom. The molecule has 1 rings (SSSR count). The van der Waals surface area contributed by atoms with Gasteiger partial charge in [0.2, 0.25) is 5.96 Å². The highest BCUT2D eigenvalue weighted by Crippen LogP contribution is 2.27. The van der Waals surface area contributed by atoms with Crippen molar-refractivity contribution in [2.75, 3.05) is 19.6 Å². The van der Waals surface area contributed by atoms with E-state index in [1.807, 2.05) is 0 Å². The molecule has 5 nitrogen and oxygen atoms in total. The normalized spacial score (nSPS) is 23.6. The fourth-order valence-corrected chi connectivity index (χ4v) is 2.39. The van der Waals surface area contributed by atoms with E-state index in [2.05, 4.69) is 49.9 Å². The molecule has 3 N–H and O–H groups in total. The molecule has 1 heterocycles. The SMILES string of the molecule is CCCN=C(NN)N1CC(C)(C)OC(C)(C)C1. The van der Waals surface area contributed by atoms with Crippen LogP contribution in [-0.4, -0.2) is 41.7 Å². The van der Waals surface area contributed by atoms with E-state index in [1.54, 1.807) is 0 Å². The molecule has 1 aliphatic rings. The van der Waals surface area contributed by atoms with Gasteiger partial charge in [-0.25, -0.2) is 5.84 Å². The third-order valence-electron chi connectivity index (χ3n) is 2.61.